The lowest BCUT2D eigenvalue weighted by Gasteiger charge is -2.05. The van der Waals surface area contributed by atoms with Gasteiger partial charge in [0.05, 0.1) is 4.90 Å². The third kappa shape index (κ3) is 3.35. The molecular formula is C10H14O2S2. The monoisotopic (exact) mass is 230 g/mol. The molecule has 1 aromatic carbocycles. The van der Waals surface area contributed by atoms with Crippen LogP contribution in [-0.2, 0) is 8.87 Å². The lowest BCUT2D eigenvalue weighted by molar-refractivity contribution is 0.610. The second kappa shape index (κ2) is 4.84. The van der Waals surface area contributed by atoms with Crippen molar-refractivity contribution in [3.8, 4) is 0 Å². The SMILES string of the molecule is CC(C)CSS(=O)(=O)c1ccccc1. The van der Waals surface area contributed by atoms with Crippen LogP contribution in [0.3, 0.4) is 0 Å². The Morgan fingerprint density at radius 2 is 1.79 bits per heavy atom. The average Bonchev–Trinajstić information content (AvgIpc) is 2.16. The maximum atomic E-state index is 11.7. The Labute approximate surface area is 89.0 Å². The highest BCUT2D eigenvalue weighted by Gasteiger charge is 2.14. The normalized spacial score (nSPS) is 11.9. The summed E-state index contributed by atoms with van der Waals surface area (Å²) in [7, 11) is -2.13. The Hall–Kier alpha value is -0.480. The van der Waals surface area contributed by atoms with Crippen LogP contribution in [0.15, 0.2) is 35.2 Å². The van der Waals surface area contributed by atoms with E-state index < -0.39 is 8.87 Å². The second-order valence-corrected chi connectivity index (χ2v) is 7.42. The Morgan fingerprint density at radius 1 is 1.21 bits per heavy atom. The molecule has 4 heteroatoms. The Bertz CT molecular complexity index is 368. The fourth-order valence-corrected chi connectivity index (χ4v) is 4.05. The van der Waals surface area contributed by atoms with Gasteiger partial charge in [-0.05, 0) is 28.8 Å². The molecule has 0 spiro atoms. The molecule has 0 aromatic heterocycles. The van der Waals surface area contributed by atoms with E-state index >= 15 is 0 Å². The maximum absolute atomic E-state index is 11.7. The van der Waals surface area contributed by atoms with Crippen molar-refractivity contribution < 1.29 is 8.42 Å². The fraction of sp³-hybridized carbons (Fsp3) is 0.400. The van der Waals surface area contributed by atoms with Crippen molar-refractivity contribution in [2.75, 3.05) is 5.75 Å². The topological polar surface area (TPSA) is 34.1 Å². The highest BCUT2D eigenvalue weighted by Crippen LogP contribution is 2.24. The predicted molar refractivity (Wildman–Crippen MR) is 60.9 cm³/mol. The van der Waals surface area contributed by atoms with Gasteiger partial charge in [0, 0.05) is 5.75 Å². The summed E-state index contributed by atoms with van der Waals surface area (Å²) < 4.78 is 23.4. The lowest BCUT2D eigenvalue weighted by atomic mass is 10.3. The molecule has 78 valence electrons. The summed E-state index contributed by atoms with van der Waals surface area (Å²) in [4.78, 5) is 0.394. The molecule has 14 heavy (non-hydrogen) atoms. The van der Waals surface area contributed by atoms with Gasteiger partial charge in [-0.1, -0.05) is 32.0 Å². The van der Waals surface area contributed by atoms with Crippen molar-refractivity contribution in [2.24, 2.45) is 5.92 Å². The Kier molecular flexibility index (Phi) is 4.01. The minimum absolute atomic E-state index is 0.387. The number of hydrogen-bond donors (Lipinski definition) is 0. The van der Waals surface area contributed by atoms with E-state index in [-0.39, 0.29) is 0 Å². The molecule has 0 amide bonds. The first-order chi connectivity index (χ1) is 6.52. The summed E-state index contributed by atoms with van der Waals surface area (Å²) >= 11 is 0. The van der Waals surface area contributed by atoms with Gasteiger partial charge >= 0.3 is 0 Å². The largest absolute Gasteiger partial charge is 0.230 e. The molecule has 0 saturated carbocycles. The zero-order valence-electron chi connectivity index (χ0n) is 8.30. The van der Waals surface area contributed by atoms with Crippen molar-refractivity contribution in [3.05, 3.63) is 30.3 Å². The minimum Gasteiger partial charge on any atom is -0.212 e. The molecular weight excluding hydrogens is 216 g/mol. The summed E-state index contributed by atoms with van der Waals surface area (Å²) in [6, 6.07) is 8.54. The minimum atomic E-state index is -3.14. The summed E-state index contributed by atoms with van der Waals surface area (Å²) in [5, 5.41) is 0. The maximum Gasteiger partial charge on any atom is 0.230 e. The van der Waals surface area contributed by atoms with Gasteiger partial charge in [0.15, 0.2) is 0 Å². The van der Waals surface area contributed by atoms with Gasteiger partial charge in [0.25, 0.3) is 0 Å². The Balaban J connectivity index is 2.77. The predicted octanol–water partition coefficient (Wildman–Crippen LogP) is 2.76. The molecule has 0 aliphatic rings. The molecule has 0 atom stereocenters. The molecule has 1 aromatic rings. The molecule has 0 aliphatic carbocycles. The number of rotatable bonds is 4. The first-order valence-corrected chi connectivity index (χ1v) is 7.45. The Morgan fingerprint density at radius 3 is 2.29 bits per heavy atom. The van der Waals surface area contributed by atoms with Crippen LogP contribution in [-0.4, -0.2) is 14.2 Å². The van der Waals surface area contributed by atoms with Crippen molar-refractivity contribution in [1.82, 2.24) is 0 Å². The van der Waals surface area contributed by atoms with Gasteiger partial charge in [-0.3, -0.25) is 0 Å². The molecule has 0 radical (unpaired) electrons. The second-order valence-electron chi connectivity index (χ2n) is 3.45. The zero-order chi connectivity index (χ0) is 10.6. The van der Waals surface area contributed by atoms with Gasteiger partial charge < -0.3 is 0 Å². The van der Waals surface area contributed by atoms with Crippen LogP contribution in [0.4, 0.5) is 0 Å². The van der Waals surface area contributed by atoms with E-state index in [1.807, 2.05) is 19.9 Å². The van der Waals surface area contributed by atoms with Crippen LogP contribution < -0.4 is 0 Å². The van der Waals surface area contributed by atoms with E-state index in [2.05, 4.69) is 0 Å². The molecule has 0 N–H and O–H groups in total. The van der Waals surface area contributed by atoms with Crippen LogP contribution in [0.25, 0.3) is 0 Å². The molecule has 0 fully saturated rings. The highest BCUT2D eigenvalue weighted by molar-refractivity contribution is 8.72. The molecule has 0 saturated heterocycles. The van der Waals surface area contributed by atoms with Crippen LogP contribution in [0.2, 0.25) is 0 Å². The lowest BCUT2D eigenvalue weighted by Crippen LogP contribution is -1.99. The molecule has 1 rings (SSSR count). The van der Waals surface area contributed by atoms with Gasteiger partial charge in [-0.2, -0.15) is 0 Å². The fourth-order valence-electron chi connectivity index (χ4n) is 0.881. The van der Waals surface area contributed by atoms with Crippen molar-refractivity contribution in [3.63, 3.8) is 0 Å². The van der Waals surface area contributed by atoms with E-state index in [0.29, 0.717) is 16.6 Å². The molecule has 0 aliphatic heterocycles. The highest BCUT2D eigenvalue weighted by atomic mass is 33.1. The van der Waals surface area contributed by atoms with E-state index in [1.165, 1.54) is 0 Å². The van der Waals surface area contributed by atoms with Crippen molar-refractivity contribution in [1.29, 1.82) is 0 Å². The van der Waals surface area contributed by atoms with Gasteiger partial charge in [0.2, 0.25) is 8.87 Å². The zero-order valence-corrected chi connectivity index (χ0v) is 9.94. The molecule has 0 unspecified atom stereocenters. The summed E-state index contributed by atoms with van der Waals surface area (Å²) in [5.41, 5.74) is 0. The van der Waals surface area contributed by atoms with E-state index in [4.69, 9.17) is 0 Å². The first-order valence-electron chi connectivity index (χ1n) is 4.47. The average molecular weight is 230 g/mol. The van der Waals surface area contributed by atoms with Crippen LogP contribution >= 0.6 is 10.8 Å². The van der Waals surface area contributed by atoms with Gasteiger partial charge in [0.1, 0.15) is 0 Å². The van der Waals surface area contributed by atoms with Crippen LogP contribution in [0.1, 0.15) is 13.8 Å². The summed E-state index contributed by atoms with van der Waals surface area (Å²) in [6.45, 7) is 4.01. The molecule has 0 heterocycles. The van der Waals surface area contributed by atoms with Gasteiger partial charge in [-0.25, -0.2) is 8.42 Å². The van der Waals surface area contributed by atoms with Crippen molar-refractivity contribution >= 4 is 19.7 Å². The van der Waals surface area contributed by atoms with E-state index in [1.54, 1.807) is 24.3 Å². The van der Waals surface area contributed by atoms with Crippen molar-refractivity contribution in [2.45, 2.75) is 18.7 Å². The van der Waals surface area contributed by atoms with Crippen LogP contribution in [0.5, 0.6) is 0 Å². The van der Waals surface area contributed by atoms with E-state index in [0.717, 1.165) is 10.8 Å². The van der Waals surface area contributed by atoms with Crippen LogP contribution in [0, 0.1) is 5.92 Å². The third-order valence-corrected chi connectivity index (χ3v) is 5.47. The number of hydrogen-bond acceptors (Lipinski definition) is 3. The third-order valence-electron chi connectivity index (χ3n) is 1.59. The standard InChI is InChI=1S/C10H14O2S2/c1-9(2)8-13-14(11,12)10-6-4-3-5-7-10/h3-7,9H,8H2,1-2H3. The molecule has 0 bridgehead atoms. The van der Waals surface area contributed by atoms with E-state index in [9.17, 15) is 8.42 Å². The smallest absolute Gasteiger partial charge is 0.212 e. The molecule has 2 nitrogen and oxygen atoms in total. The summed E-state index contributed by atoms with van der Waals surface area (Å²) in [6.07, 6.45) is 0. The van der Waals surface area contributed by atoms with Gasteiger partial charge in [-0.15, -0.1) is 0 Å². The summed E-state index contributed by atoms with van der Waals surface area (Å²) in [5.74, 6) is 1.02. The number of benzene rings is 1. The first kappa shape index (κ1) is 11.6. The quantitative estimate of drug-likeness (QED) is 0.746.